The lowest BCUT2D eigenvalue weighted by Crippen LogP contribution is -1.94. The van der Waals surface area contributed by atoms with E-state index < -0.39 is 0 Å². The molecule has 3 nitrogen and oxygen atoms in total. The van der Waals surface area contributed by atoms with Crippen LogP contribution in [0.15, 0.2) is 16.7 Å². The lowest BCUT2D eigenvalue weighted by atomic mass is 10.2. The standard InChI is InChI=1S/C7H8O3/c1-5(9)7-6(4-8)2-3-10-7/h2-3,8H,4H2,1H3. The summed E-state index contributed by atoms with van der Waals surface area (Å²) in [5.74, 6) is 0.0940. The summed E-state index contributed by atoms with van der Waals surface area (Å²) in [6.45, 7) is 1.25. The summed E-state index contributed by atoms with van der Waals surface area (Å²) in [6, 6.07) is 1.58. The highest BCUT2D eigenvalue weighted by atomic mass is 16.3. The number of Topliss-reactive ketones (excluding diaryl/α,β-unsaturated/α-hetero) is 1. The van der Waals surface area contributed by atoms with Crippen molar-refractivity contribution in [2.45, 2.75) is 13.5 Å². The molecule has 1 N–H and O–H groups in total. The molecule has 10 heavy (non-hydrogen) atoms. The Morgan fingerprint density at radius 3 is 2.90 bits per heavy atom. The molecule has 1 aromatic rings. The zero-order valence-electron chi connectivity index (χ0n) is 5.63. The van der Waals surface area contributed by atoms with Gasteiger partial charge in [-0.05, 0) is 6.07 Å². The summed E-state index contributed by atoms with van der Waals surface area (Å²) in [5.41, 5.74) is 0.549. The molecule has 0 aliphatic rings. The zero-order chi connectivity index (χ0) is 7.56. The quantitative estimate of drug-likeness (QED) is 0.623. The minimum absolute atomic E-state index is 0.147. The van der Waals surface area contributed by atoms with Crippen molar-refractivity contribution in [1.29, 1.82) is 0 Å². The maximum Gasteiger partial charge on any atom is 0.195 e. The molecule has 0 aromatic carbocycles. The molecule has 54 valence electrons. The van der Waals surface area contributed by atoms with Gasteiger partial charge < -0.3 is 9.52 Å². The maximum atomic E-state index is 10.7. The Hall–Kier alpha value is -1.09. The molecule has 0 aliphatic carbocycles. The molecule has 3 heteroatoms. The van der Waals surface area contributed by atoms with Crippen LogP contribution in [0.5, 0.6) is 0 Å². The molecule has 0 unspecified atom stereocenters. The van der Waals surface area contributed by atoms with Crippen molar-refractivity contribution in [3.05, 3.63) is 23.7 Å². The van der Waals surface area contributed by atoms with Crippen LogP contribution in [0, 0.1) is 0 Å². The van der Waals surface area contributed by atoms with Crippen molar-refractivity contribution in [3.8, 4) is 0 Å². The minimum atomic E-state index is -0.158. The molecule has 0 saturated carbocycles. The first kappa shape index (κ1) is 7.02. The Morgan fingerprint density at radius 2 is 2.50 bits per heavy atom. The highest BCUT2D eigenvalue weighted by Crippen LogP contribution is 2.10. The molecule has 0 atom stereocenters. The van der Waals surface area contributed by atoms with Gasteiger partial charge in [-0.2, -0.15) is 0 Å². The van der Waals surface area contributed by atoms with Crippen molar-refractivity contribution >= 4 is 5.78 Å². The van der Waals surface area contributed by atoms with Crippen LogP contribution in [-0.4, -0.2) is 10.9 Å². The van der Waals surface area contributed by atoms with E-state index >= 15 is 0 Å². The van der Waals surface area contributed by atoms with E-state index in [9.17, 15) is 4.79 Å². The number of carbonyl (C=O) groups is 1. The van der Waals surface area contributed by atoms with Gasteiger partial charge in [0.05, 0.1) is 12.9 Å². The highest BCUT2D eigenvalue weighted by Gasteiger charge is 2.08. The number of hydrogen-bond acceptors (Lipinski definition) is 3. The third-order valence-electron chi connectivity index (χ3n) is 1.24. The normalized spacial score (nSPS) is 9.80. The molecule has 0 saturated heterocycles. The van der Waals surface area contributed by atoms with Gasteiger partial charge in [-0.3, -0.25) is 4.79 Å². The lowest BCUT2D eigenvalue weighted by Gasteiger charge is -1.90. The van der Waals surface area contributed by atoms with Gasteiger partial charge in [0.1, 0.15) is 0 Å². The van der Waals surface area contributed by atoms with E-state index in [2.05, 4.69) is 0 Å². The summed E-state index contributed by atoms with van der Waals surface area (Å²) >= 11 is 0. The third-order valence-corrected chi connectivity index (χ3v) is 1.24. The SMILES string of the molecule is CC(=O)c1occc1CO. The maximum absolute atomic E-state index is 10.7. The second kappa shape index (κ2) is 2.66. The molecular formula is C7H8O3. The van der Waals surface area contributed by atoms with Crippen LogP contribution in [-0.2, 0) is 6.61 Å². The molecule has 0 amide bonds. The Kier molecular flexibility index (Phi) is 1.87. The number of rotatable bonds is 2. The molecule has 1 rings (SSSR count). The molecule has 0 bridgehead atoms. The Morgan fingerprint density at radius 1 is 1.80 bits per heavy atom. The first-order chi connectivity index (χ1) is 4.75. The van der Waals surface area contributed by atoms with Gasteiger partial charge in [-0.15, -0.1) is 0 Å². The number of furan rings is 1. The van der Waals surface area contributed by atoms with Gasteiger partial charge in [0, 0.05) is 12.5 Å². The fourth-order valence-electron chi connectivity index (χ4n) is 0.769. The van der Waals surface area contributed by atoms with Crippen molar-refractivity contribution in [2.24, 2.45) is 0 Å². The monoisotopic (exact) mass is 140 g/mol. The number of aliphatic hydroxyl groups is 1. The second-order valence-electron chi connectivity index (χ2n) is 1.99. The molecular weight excluding hydrogens is 132 g/mol. The predicted octanol–water partition coefficient (Wildman–Crippen LogP) is 0.975. The number of ketones is 1. The fourth-order valence-corrected chi connectivity index (χ4v) is 0.769. The van der Waals surface area contributed by atoms with Crippen LogP contribution >= 0.6 is 0 Å². The summed E-state index contributed by atoms with van der Waals surface area (Å²) in [6.07, 6.45) is 1.39. The Labute approximate surface area is 58.3 Å². The molecule has 0 radical (unpaired) electrons. The smallest absolute Gasteiger partial charge is 0.195 e. The number of carbonyl (C=O) groups excluding carboxylic acids is 1. The van der Waals surface area contributed by atoms with Crippen LogP contribution < -0.4 is 0 Å². The van der Waals surface area contributed by atoms with Crippen LogP contribution in [0.4, 0.5) is 0 Å². The van der Waals surface area contributed by atoms with Crippen LogP contribution in [0.1, 0.15) is 23.0 Å². The first-order valence-electron chi connectivity index (χ1n) is 2.94. The predicted molar refractivity (Wildman–Crippen MR) is 34.6 cm³/mol. The Balaban J connectivity index is 3.01. The number of aliphatic hydroxyl groups excluding tert-OH is 1. The van der Waals surface area contributed by atoms with E-state index in [1.54, 1.807) is 6.07 Å². The largest absolute Gasteiger partial charge is 0.461 e. The molecule has 0 aliphatic heterocycles. The lowest BCUT2D eigenvalue weighted by molar-refractivity contribution is 0.0983. The Bertz CT molecular complexity index is 237. The van der Waals surface area contributed by atoms with Crippen LogP contribution in [0.3, 0.4) is 0 Å². The molecule has 0 fully saturated rings. The van der Waals surface area contributed by atoms with Crippen molar-refractivity contribution in [1.82, 2.24) is 0 Å². The molecule has 1 aromatic heterocycles. The van der Waals surface area contributed by atoms with Gasteiger partial charge in [0.15, 0.2) is 11.5 Å². The van der Waals surface area contributed by atoms with E-state index in [1.807, 2.05) is 0 Å². The van der Waals surface area contributed by atoms with Gasteiger partial charge in [-0.25, -0.2) is 0 Å². The molecule has 0 spiro atoms. The number of hydrogen-bond donors (Lipinski definition) is 1. The second-order valence-corrected chi connectivity index (χ2v) is 1.99. The first-order valence-corrected chi connectivity index (χ1v) is 2.94. The average molecular weight is 140 g/mol. The van der Waals surface area contributed by atoms with Crippen molar-refractivity contribution in [3.63, 3.8) is 0 Å². The van der Waals surface area contributed by atoms with Crippen LogP contribution in [0.25, 0.3) is 0 Å². The van der Waals surface area contributed by atoms with Gasteiger partial charge in [0.25, 0.3) is 0 Å². The molecule has 1 heterocycles. The summed E-state index contributed by atoms with van der Waals surface area (Å²) in [7, 11) is 0. The van der Waals surface area contributed by atoms with E-state index in [4.69, 9.17) is 9.52 Å². The summed E-state index contributed by atoms with van der Waals surface area (Å²) in [5, 5.41) is 8.64. The van der Waals surface area contributed by atoms with E-state index in [0.29, 0.717) is 5.56 Å². The van der Waals surface area contributed by atoms with E-state index in [-0.39, 0.29) is 18.2 Å². The highest BCUT2D eigenvalue weighted by molar-refractivity contribution is 5.92. The van der Waals surface area contributed by atoms with E-state index in [1.165, 1.54) is 13.2 Å². The average Bonchev–Trinajstić information content (AvgIpc) is 2.33. The van der Waals surface area contributed by atoms with Gasteiger partial charge >= 0.3 is 0 Å². The fraction of sp³-hybridized carbons (Fsp3) is 0.286. The van der Waals surface area contributed by atoms with E-state index in [0.717, 1.165) is 0 Å². The minimum Gasteiger partial charge on any atom is -0.461 e. The van der Waals surface area contributed by atoms with Crippen LogP contribution in [0.2, 0.25) is 0 Å². The van der Waals surface area contributed by atoms with Crippen molar-refractivity contribution in [2.75, 3.05) is 0 Å². The summed E-state index contributed by atoms with van der Waals surface area (Å²) < 4.78 is 4.81. The van der Waals surface area contributed by atoms with Crippen molar-refractivity contribution < 1.29 is 14.3 Å². The topological polar surface area (TPSA) is 50.4 Å². The van der Waals surface area contributed by atoms with Gasteiger partial charge in [0.2, 0.25) is 0 Å². The zero-order valence-corrected chi connectivity index (χ0v) is 5.63. The third kappa shape index (κ3) is 1.09. The van der Waals surface area contributed by atoms with Gasteiger partial charge in [-0.1, -0.05) is 0 Å². The summed E-state index contributed by atoms with van der Waals surface area (Å²) in [4.78, 5) is 10.7.